The number of carbonyl (C=O) groups is 3. The molecule has 7 nitrogen and oxygen atoms in total. The molecule has 2 aliphatic heterocycles. The van der Waals surface area contributed by atoms with Crippen LogP contribution in [0.25, 0.3) is 0 Å². The summed E-state index contributed by atoms with van der Waals surface area (Å²) in [7, 11) is 2.09. The second-order valence-corrected chi connectivity index (χ2v) is 8.30. The largest absolute Gasteiger partial charge is 0.338 e. The molecule has 2 saturated heterocycles. The summed E-state index contributed by atoms with van der Waals surface area (Å²) >= 11 is 0. The summed E-state index contributed by atoms with van der Waals surface area (Å²) in [5, 5.41) is 2.90. The van der Waals surface area contributed by atoms with E-state index in [1.165, 1.54) is 0 Å². The number of urea groups is 1. The average Bonchev–Trinajstić information content (AvgIpc) is 2.84. The lowest BCUT2D eigenvalue weighted by atomic mass is 9.77. The molecule has 0 aromatic rings. The van der Waals surface area contributed by atoms with Crippen molar-refractivity contribution < 1.29 is 14.4 Å². The molecular weight excluding hydrogens is 332 g/mol. The van der Waals surface area contributed by atoms with Crippen LogP contribution in [0, 0.1) is 5.92 Å². The van der Waals surface area contributed by atoms with Gasteiger partial charge in [-0.2, -0.15) is 0 Å². The van der Waals surface area contributed by atoms with Crippen molar-refractivity contribution in [1.29, 1.82) is 0 Å². The van der Waals surface area contributed by atoms with E-state index in [0.29, 0.717) is 25.3 Å². The summed E-state index contributed by atoms with van der Waals surface area (Å²) in [6.07, 6.45) is 5.11. The number of rotatable bonds is 4. The maximum Gasteiger partial charge on any atom is 0.325 e. The van der Waals surface area contributed by atoms with Gasteiger partial charge in [0, 0.05) is 12.6 Å². The van der Waals surface area contributed by atoms with Crippen molar-refractivity contribution in [2.75, 3.05) is 33.2 Å². The first-order chi connectivity index (χ1) is 12.4. The number of imide groups is 1. The quantitative estimate of drug-likeness (QED) is 0.766. The maximum atomic E-state index is 12.9. The minimum absolute atomic E-state index is 0.119. The Labute approximate surface area is 156 Å². The van der Waals surface area contributed by atoms with E-state index in [-0.39, 0.29) is 24.4 Å². The van der Waals surface area contributed by atoms with E-state index in [4.69, 9.17) is 0 Å². The van der Waals surface area contributed by atoms with Crippen molar-refractivity contribution in [1.82, 2.24) is 20.0 Å². The average molecular weight is 364 g/mol. The summed E-state index contributed by atoms with van der Waals surface area (Å²) < 4.78 is 0. The van der Waals surface area contributed by atoms with Gasteiger partial charge in [0.1, 0.15) is 12.1 Å². The SMILES string of the molecule is CCN(C(=O)CN1C(=O)NC2(CCC(C)CC2)C1=O)C1CCN(C)CC1. The Morgan fingerprint density at radius 3 is 2.38 bits per heavy atom. The lowest BCUT2D eigenvalue weighted by Crippen LogP contribution is -2.51. The Balaban J connectivity index is 1.64. The van der Waals surface area contributed by atoms with Crippen LogP contribution in [0.3, 0.4) is 0 Å². The van der Waals surface area contributed by atoms with Gasteiger partial charge in [-0.05, 0) is 71.5 Å². The van der Waals surface area contributed by atoms with Crippen LogP contribution in [0.15, 0.2) is 0 Å². The van der Waals surface area contributed by atoms with E-state index in [1.54, 1.807) is 0 Å². The molecule has 146 valence electrons. The monoisotopic (exact) mass is 364 g/mol. The highest BCUT2D eigenvalue weighted by atomic mass is 16.2. The third-order valence-corrected chi connectivity index (χ3v) is 6.46. The van der Waals surface area contributed by atoms with Gasteiger partial charge in [-0.1, -0.05) is 6.92 Å². The zero-order valence-electron chi connectivity index (χ0n) is 16.3. The highest BCUT2D eigenvalue weighted by molar-refractivity contribution is 6.09. The number of likely N-dealkylation sites (N-methyl/N-ethyl adjacent to an activating group) is 1. The molecule has 1 aliphatic carbocycles. The summed E-state index contributed by atoms with van der Waals surface area (Å²) in [5.74, 6) is 0.259. The Kier molecular flexibility index (Phi) is 5.55. The summed E-state index contributed by atoms with van der Waals surface area (Å²) in [6.45, 7) is 6.56. The minimum atomic E-state index is -0.769. The van der Waals surface area contributed by atoms with E-state index in [2.05, 4.69) is 24.2 Å². The van der Waals surface area contributed by atoms with E-state index in [1.807, 2.05) is 11.8 Å². The van der Waals surface area contributed by atoms with Gasteiger partial charge < -0.3 is 15.1 Å². The standard InChI is InChI=1S/C19H32N4O3/c1-4-22(15-7-11-21(3)12-8-15)16(24)13-23-17(25)19(20-18(23)26)9-5-14(2)6-10-19/h14-15H,4-13H2,1-3H3,(H,20,26). The van der Waals surface area contributed by atoms with Crippen LogP contribution < -0.4 is 5.32 Å². The molecule has 0 atom stereocenters. The number of piperidine rings is 1. The van der Waals surface area contributed by atoms with Gasteiger partial charge in [0.25, 0.3) is 5.91 Å². The number of likely N-dealkylation sites (tertiary alicyclic amines) is 1. The van der Waals surface area contributed by atoms with Crippen molar-refractivity contribution in [3.8, 4) is 0 Å². The molecule has 3 fully saturated rings. The second kappa shape index (κ2) is 7.55. The highest BCUT2D eigenvalue weighted by Gasteiger charge is 2.52. The number of amides is 4. The molecule has 0 aromatic carbocycles. The molecule has 1 saturated carbocycles. The number of hydrogen-bond donors (Lipinski definition) is 1. The van der Waals surface area contributed by atoms with E-state index < -0.39 is 11.6 Å². The van der Waals surface area contributed by atoms with E-state index >= 15 is 0 Å². The van der Waals surface area contributed by atoms with Crippen molar-refractivity contribution in [3.05, 3.63) is 0 Å². The molecule has 26 heavy (non-hydrogen) atoms. The summed E-state index contributed by atoms with van der Waals surface area (Å²) in [5.41, 5.74) is -0.769. The van der Waals surface area contributed by atoms with Crippen LogP contribution in [0.1, 0.15) is 52.4 Å². The predicted octanol–water partition coefficient (Wildman–Crippen LogP) is 1.43. The zero-order valence-corrected chi connectivity index (χ0v) is 16.3. The van der Waals surface area contributed by atoms with Gasteiger partial charge in [-0.15, -0.1) is 0 Å². The number of hydrogen-bond acceptors (Lipinski definition) is 4. The fourth-order valence-corrected chi connectivity index (χ4v) is 4.58. The van der Waals surface area contributed by atoms with Crippen LogP contribution in [0.4, 0.5) is 4.79 Å². The van der Waals surface area contributed by atoms with Gasteiger partial charge in [0.05, 0.1) is 0 Å². The Hall–Kier alpha value is -1.63. The molecule has 3 rings (SSSR count). The van der Waals surface area contributed by atoms with Crippen molar-refractivity contribution in [2.45, 2.75) is 64.0 Å². The van der Waals surface area contributed by atoms with Gasteiger partial charge in [-0.25, -0.2) is 4.79 Å². The van der Waals surface area contributed by atoms with Crippen LogP contribution in [0.2, 0.25) is 0 Å². The van der Waals surface area contributed by atoms with E-state index in [9.17, 15) is 14.4 Å². The molecule has 1 spiro atoms. The highest BCUT2D eigenvalue weighted by Crippen LogP contribution is 2.36. The third kappa shape index (κ3) is 3.59. The normalized spacial score (nSPS) is 30.7. The molecule has 0 radical (unpaired) electrons. The maximum absolute atomic E-state index is 12.9. The lowest BCUT2D eigenvalue weighted by molar-refractivity contribution is -0.141. The third-order valence-electron chi connectivity index (χ3n) is 6.46. The summed E-state index contributed by atoms with van der Waals surface area (Å²) in [4.78, 5) is 43.5. The molecule has 1 N–H and O–H groups in total. The second-order valence-electron chi connectivity index (χ2n) is 8.30. The Morgan fingerprint density at radius 2 is 1.81 bits per heavy atom. The molecular formula is C19H32N4O3. The Morgan fingerprint density at radius 1 is 1.19 bits per heavy atom. The van der Waals surface area contributed by atoms with Gasteiger partial charge in [0.15, 0.2) is 0 Å². The van der Waals surface area contributed by atoms with Gasteiger partial charge in [-0.3, -0.25) is 14.5 Å². The zero-order chi connectivity index (χ0) is 18.9. The van der Waals surface area contributed by atoms with E-state index in [0.717, 1.165) is 43.7 Å². The van der Waals surface area contributed by atoms with Gasteiger partial charge in [0.2, 0.25) is 5.91 Å². The Bertz CT molecular complexity index is 563. The van der Waals surface area contributed by atoms with Crippen molar-refractivity contribution >= 4 is 17.8 Å². The van der Waals surface area contributed by atoms with Crippen LogP contribution in [-0.4, -0.2) is 77.4 Å². The fraction of sp³-hybridized carbons (Fsp3) is 0.842. The molecule has 0 unspecified atom stereocenters. The van der Waals surface area contributed by atoms with Gasteiger partial charge >= 0.3 is 6.03 Å². The first-order valence-corrected chi connectivity index (χ1v) is 9.98. The van der Waals surface area contributed by atoms with Crippen LogP contribution in [-0.2, 0) is 9.59 Å². The van der Waals surface area contributed by atoms with Crippen LogP contribution >= 0.6 is 0 Å². The number of carbonyl (C=O) groups excluding carboxylic acids is 3. The molecule has 7 heteroatoms. The predicted molar refractivity (Wildman–Crippen MR) is 98.5 cm³/mol. The molecule has 0 aromatic heterocycles. The van der Waals surface area contributed by atoms with Crippen LogP contribution in [0.5, 0.6) is 0 Å². The first kappa shape index (κ1) is 19.1. The number of nitrogens with one attached hydrogen (secondary N) is 1. The molecule has 0 bridgehead atoms. The van der Waals surface area contributed by atoms with Crippen molar-refractivity contribution in [2.24, 2.45) is 5.92 Å². The fourth-order valence-electron chi connectivity index (χ4n) is 4.58. The first-order valence-electron chi connectivity index (χ1n) is 9.98. The molecule has 4 amide bonds. The van der Waals surface area contributed by atoms with Crippen molar-refractivity contribution in [3.63, 3.8) is 0 Å². The lowest BCUT2D eigenvalue weighted by Gasteiger charge is -2.37. The molecule has 2 heterocycles. The minimum Gasteiger partial charge on any atom is -0.338 e. The molecule has 3 aliphatic rings. The summed E-state index contributed by atoms with van der Waals surface area (Å²) in [6, 6.07) is -0.203. The number of nitrogens with zero attached hydrogens (tertiary/aromatic N) is 3. The topological polar surface area (TPSA) is 73.0 Å². The smallest absolute Gasteiger partial charge is 0.325 e.